The molecule has 3 heteroatoms. The lowest BCUT2D eigenvalue weighted by molar-refractivity contribution is -0.109. The number of carbonyl (C=O) groups excluding carboxylic acids is 1. The highest BCUT2D eigenvalue weighted by Gasteiger charge is 2.44. The first-order valence-electron chi connectivity index (χ1n) is 5.47. The maximum Gasteiger partial charge on any atom is 0.200 e. The summed E-state index contributed by atoms with van der Waals surface area (Å²) in [4.78, 5) is 10.4. The first-order chi connectivity index (χ1) is 6.39. The van der Waals surface area contributed by atoms with E-state index < -0.39 is 8.32 Å². The molecule has 0 aliphatic carbocycles. The lowest BCUT2D eigenvalue weighted by Crippen LogP contribution is -2.48. The molecule has 0 atom stereocenters. The average molecular weight is 216 g/mol. The topological polar surface area (TPSA) is 26.3 Å². The van der Waals surface area contributed by atoms with Gasteiger partial charge in [-0.1, -0.05) is 41.5 Å². The van der Waals surface area contributed by atoms with E-state index in [1.165, 1.54) is 0 Å². The second kappa shape index (κ2) is 5.66. The number of rotatable bonds is 6. The van der Waals surface area contributed by atoms with E-state index in [4.69, 9.17) is 4.43 Å². The van der Waals surface area contributed by atoms with Gasteiger partial charge in [0, 0.05) is 0 Å². The number of aldehydes is 1. The van der Waals surface area contributed by atoms with Crippen molar-refractivity contribution in [2.75, 3.05) is 6.61 Å². The van der Waals surface area contributed by atoms with Gasteiger partial charge < -0.3 is 9.22 Å². The summed E-state index contributed by atoms with van der Waals surface area (Å²) in [5.74, 6) is 0. The zero-order chi connectivity index (χ0) is 11.4. The monoisotopic (exact) mass is 216 g/mol. The van der Waals surface area contributed by atoms with Crippen molar-refractivity contribution >= 4 is 14.6 Å². The van der Waals surface area contributed by atoms with Gasteiger partial charge >= 0.3 is 0 Å². The summed E-state index contributed by atoms with van der Waals surface area (Å²) in [5, 5.41) is 0. The summed E-state index contributed by atoms with van der Waals surface area (Å²) in [5.41, 5.74) is 1.67. The molecule has 14 heavy (non-hydrogen) atoms. The van der Waals surface area contributed by atoms with Crippen LogP contribution in [0.1, 0.15) is 41.5 Å². The molecular weight excluding hydrogens is 192 g/mol. The van der Waals surface area contributed by atoms with Gasteiger partial charge in [-0.2, -0.15) is 0 Å². The van der Waals surface area contributed by atoms with Crippen molar-refractivity contribution in [1.29, 1.82) is 0 Å². The Morgan fingerprint density at radius 3 is 1.57 bits per heavy atom. The summed E-state index contributed by atoms with van der Waals surface area (Å²) in [7, 11) is -1.78. The molecule has 0 aliphatic rings. The molecule has 0 spiro atoms. The fourth-order valence-corrected chi connectivity index (χ4v) is 8.04. The summed E-state index contributed by atoms with van der Waals surface area (Å²) < 4.78 is 5.93. The summed E-state index contributed by atoms with van der Waals surface area (Å²) in [6.07, 6.45) is 0.870. The molecule has 0 aromatic carbocycles. The first kappa shape index (κ1) is 13.8. The van der Waals surface area contributed by atoms with Crippen LogP contribution < -0.4 is 0 Å². The smallest absolute Gasteiger partial charge is 0.200 e. The van der Waals surface area contributed by atoms with Gasteiger partial charge in [0.15, 0.2) is 0 Å². The molecular formula is C11H24O2Si. The zero-order valence-electron chi connectivity index (χ0n) is 10.3. The van der Waals surface area contributed by atoms with Gasteiger partial charge in [-0.25, -0.2) is 0 Å². The molecule has 0 fully saturated rings. The van der Waals surface area contributed by atoms with E-state index in [9.17, 15) is 4.79 Å². The molecule has 0 aromatic heterocycles. The predicted molar refractivity (Wildman–Crippen MR) is 63.1 cm³/mol. The van der Waals surface area contributed by atoms with Crippen molar-refractivity contribution < 1.29 is 9.22 Å². The second-order valence-electron chi connectivity index (χ2n) is 4.80. The van der Waals surface area contributed by atoms with Crippen LogP contribution in [0.3, 0.4) is 0 Å². The molecule has 0 rings (SSSR count). The van der Waals surface area contributed by atoms with E-state index in [1.54, 1.807) is 0 Å². The highest BCUT2D eigenvalue weighted by atomic mass is 28.4. The van der Waals surface area contributed by atoms with Crippen molar-refractivity contribution in [2.24, 2.45) is 0 Å². The summed E-state index contributed by atoms with van der Waals surface area (Å²) >= 11 is 0. The lowest BCUT2D eigenvalue weighted by Gasteiger charge is -2.41. The molecule has 0 radical (unpaired) electrons. The van der Waals surface area contributed by atoms with Crippen LogP contribution in [0.5, 0.6) is 0 Å². The van der Waals surface area contributed by atoms with E-state index in [2.05, 4.69) is 41.5 Å². The van der Waals surface area contributed by atoms with E-state index in [-0.39, 0.29) is 6.61 Å². The highest BCUT2D eigenvalue weighted by Crippen LogP contribution is 2.41. The predicted octanol–water partition coefficient (Wildman–Crippen LogP) is 3.38. The Hall–Kier alpha value is -0.153. The van der Waals surface area contributed by atoms with Crippen LogP contribution in [0.25, 0.3) is 0 Å². The van der Waals surface area contributed by atoms with Gasteiger partial charge in [-0.15, -0.1) is 0 Å². The standard InChI is InChI=1S/C11H24O2Si/c1-9(2)14(10(3)4,11(5)6)13-8-7-12/h7,9-11H,8H2,1-6H3. The van der Waals surface area contributed by atoms with Crippen molar-refractivity contribution in [3.8, 4) is 0 Å². The average Bonchev–Trinajstić information content (AvgIpc) is 2.03. The molecule has 0 heterocycles. The first-order valence-corrected chi connectivity index (χ1v) is 7.61. The molecule has 84 valence electrons. The van der Waals surface area contributed by atoms with Crippen molar-refractivity contribution in [1.82, 2.24) is 0 Å². The molecule has 0 aromatic rings. The Morgan fingerprint density at radius 1 is 1.00 bits per heavy atom. The van der Waals surface area contributed by atoms with Crippen molar-refractivity contribution in [3.05, 3.63) is 0 Å². The normalized spacial score (nSPS) is 12.9. The van der Waals surface area contributed by atoms with Gasteiger partial charge in [-0.05, 0) is 16.6 Å². The van der Waals surface area contributed by atoms with Crippen LogP contribution >= 0.6 is 0 Å². The Kier molecular flexibility index (Phi) is 5.60. The van der Waals surface area contributed by atoms with E-state index in [0.717, 1.165) is 6.29 Å². The lowest BCUT2D eigenvalue weighted by atomic mass is 10.5. The van der Waals surface area contributed by atoms with Gasteiger partial charge in [-0.3, -0.25) is 0 Å². The Morgan fingerprint density at radius 2 is 1.36 bits per heavy atom. The molecule has 0 saturated carbocycles. The van der Waals surface area contributed by atoms with Crippen LogP contribution in [0.15, 0.2) is 0 Å². The molecule has 0 N–H and O–H groups in total. The molecule has 0 amide bonds. The van der Waals surface area contributed by atoms with E-state index in [0.29, 0.717) is 16.6 Å². The van der Waals surface area contributed by atoms with Crippen LogP contribution in [0.2, 0.25) is 16.6 Å². The largest absolute Gasteiger partial charge is 0.409 e. The maximum atomic E-state index is 10.4. The van der Waals surface area contributed by atoms with Crippen molar-refractivity contribution in [3.63, 3.8) is 0 Å². The minimum Gasteiger partial charge on any atom is -0.409 e. The van der Waals surface area contributed by atoms with Crippen LogP contribution in [0.4, 0.5) is 0 Å². The van der Waals surface area contributed by atoms with Crippen LogP contribution in [-0.4, -0.2) is 21.2 Å². The highest BCUT2D eigenvalue weighted by molar-refractivity contribution is 6.77. The maximum absolute atomic E-state index is 10.4. The quantitative estimate of drug-likeness (QED) is 0.502. The van der Waals surface area contributed by atoms with Crippen LogP contribution in [0, 0.1) is 0 Å². The SMILES string of the molecule is CC(C)[Si](OCC=O)(C(C)C)C(C)C. The van der Waals surface area contributed by atoms with Gasteiger partial charge in [0.25, 0.3) is 0 Å². The molecule has 0 unspecified atom stereocenters. The minimum absolute atomic E-state index is 0.265. The van der Waals surface area contributed by atoms with Crippen molar-refractivity contribution in [2.45, 2.75) is 58.2 Å². The summed E-state index contributed by atoms with van der Waals surface area (Å²) in [6.45, 7) is 13.6. The molecule has 2 nitrogen and oxygen atoms in total. The van der Waals surface area contributed by atoms with Gasteiger partial charge in [0.05, 0.1) is 6.61 Å². The zero-order valence-corrected chi connectivity index (χ0v) is 11.3. The number of hydrogen-bond acceptors (Lipinski definition) is 2. The third-order valence-corrected chi connectivity index (χ3v) is 9.19. The third-order valence-electron chi connectivity index (χ3n) is 3.11. The van der Waals surface area contributed by atoms with Gasteiger partial charge in [0.1, 0.15) is 6.29 Å². The molecule has 0 bridgehead atoms. The Balaban J connectivity index is 4.84. The van der Waals surface area contributed by atoms with E-state index >= 15 is 0 Å². The Labute approximate surface area is 89.2 Å². The fraction of sp³-hybridized carbons (Fsp3) is 0.909. The molecule has 0 saturated heterocycles. The summed E-state index contributed by atoms with van der Waals surface area (Å²) in [6, 6.07) is 0. The van der Waals surface area contributed by atoms with Gasteiger partial charge in [0.2, 0.25) is 8.32 Å². The minimum atomic E-state index is -1.78. The van der Waals surface area contributed by atoms with Crippen LogP contribution in [-0.2, 0) is 9.22 Å². The number of carbonyl (C=O) groups is 1. The second-order valence-corrected chi connectivity index (χ2v) is 10.3. The molecule has 0 aliphatic heterocycles. The Bertz CT molecular complexity index is 154. The number of hydrogen-bond donors (Lipinski definition) is 0. The third kappa shape index (κ3) is 2.67. The van der Waals surface area contributed by atoms with E-state index in [1.807, 2.05) is 0 Å². The fourth-order valence-electron chi connectivity index (χ4n) is 2.68.